The average Bonchev–Trinajstić information content (AvgIpc) is 2.74. The van der Waals surface area contributed by atoms with Gasteiger partial charge in [-0.1, -0.05) is 12.7 Å². The van der Waals surface area contributed by atoms with Gasteiger partial charge < -0.3 is 18.9 Å². The Morgan fingerprint density at radius 2 is 1.75 bits per heavy atom. The third kappa shape index (κ3) is 2.93. The van der Waals surface area contributed by atoms with E-state index >= 15 is 0 Å². The van der Waals surface area contributed by atoms with Gasteiger partial charge >= 0.3 is 0 Å². The molecule has 0 fully saturated rings. The van der Waals surface area contributed by atoms with E-state index < -0.39 is 0 Å². The van der Waals surface area contributed by atoms with Crippen LogP contribution >= 0.6 is 0 Å². The number of nitrogens with zero attached hydrogens (tertiary/aromatic N) is 1. The molecule has 0 radical (unpaired) electrons. The molecule has 3 aromatic rings. The van der Waals surface area contributed by atoms with E-state index in [9.17, 15) is 0 Å². The minimum atomic E-state index is 0.428. The van der Waals surface area contributed by atoms with Crippen LogP contribution in [0.15, 0.2) is 49.2 Å². The lowest BCUT2D eigenvalue weighted by Gasteiger charge is -2.19. The lowest BCUT2D eigenvalue weighted by Crippen LogP contribution is -2.40. The van der Waals surface area contributed by atoms with Crippen molar-refractivity contribution < 1.29 is 23.5 Å². The smallest absolute Gasteiger partial charge is 0.213 e. The molecule has 28 heavy (non-hydrogen) atoms. The van der Waals surface area contributed by atoms with Gasteiger partial charge in [-0.25, -0.2) is 0 Å². The standard InChI is InChI=1S/C23H24NO4/c1-5-10-28-23-18-14-24-9-8-16-12-21(26-3)22(27-4)13-17(16)19(24)11-15(18)6-7-20(23)25-2/h5-7,11-14H,1,8-10H2,2-4H3/q+1. The van der Waals surface area contributed by atoms with Crippen molar-refractivity contribution in [2.75, 3.05) is 27.9 Å². The molecule has 0 aliphatic carbocycles. The van der Waals surface area contributed by atoms with Crippen LogP contribution in [0.5, 0.6) is 23.0 Å². The normalized spacial score (nSPS) is 12.1. The number of benzene rings is 2. The van der Waals surface area contributed by atoms with Crippen molar-refractivity contribution in [2.45, 2.75) is 13.0 Å². The lowest BCUT2D eigenvalue weighted by atomic mass is 9.95. The molecule has 0 spiro atoms. The number of hydrogen-bond donors (Lipinski definition) is 0. The molecule has 0 amide bonds. The molecule has 0 bridgehead atoms. The van der Waals surface area contributed by atoms with Gasteiger partial charge in [-0.3, -0.25) is 0 Å². The molecule has 0 saturated carbocycles. The number of hydrogen-bond acceptors (Lipinski definition) is 4. The van der Waals surface area contributed by atoms with Crippen molar-refractivity contribution in [3.05, 3.63) is 54.7 Å². The maximum atomic E-state index is 5.92. The van der Waals surface area contributed by atoms with Crippen molar-refractivity contribution in [2.24, 2.45) is 0 Å². The van der Waals surface area contributed by atoms with Gasteiger partial charge in [0.15, 0.2) is 35.7 Å². The SMILES string of the molecule is C=CCOc1c(OC)ccc2cc3[n+](cc12)CCc1cc(OC)c(OC)cc1-3. The Kier molecular flexibility index (Phi) is 4.82. The predicted molar refractivity (Wildman–Crippen MR) is 109 cm³/mol. The summed E-state index contributed by atoms with van der Waals surface area (Å²) in [6.07, 6.45) is 4.80. The zero-order valence-electron chi connectivity index (χ0n) is 16.5. The molecule has 2 aromatic carbocycles. The molecule has 2 heterocycles. The van der Waals surface area contributed by atoms with Crippen LogP contribution in [0.4, 0.5) is 0 Å². The van der Waals surface area contributed by atoms with Gasteiger partial charge in [0.25, 0.3) is 0 Å². The molecule has 5 heteroatoms. The van der Waals surface area contributed by atoms with E-state index in [1.165, 1.54) is 5.56 Å². The molecule has 4 rings (SSSR count). The van der Waals surface area contributed by atoms with Crippen LogP contribution in [0.3, 0.4) is 0 Å². The fourth-order valence-corrected chi connectivity index (χ4v) is 3.79. The Morgan fingerprint density at radius 3 is 2.46 bits per heavy atom. The Balaban J connectivity index is 1.92. The van der Waals surface area contributed by atoms with Crippen LogP contribution in [0.1, 0.15) is 5.56 Å². The van der Waals surface area contributed by atoms with E-state index in [4.69, 9.17) is 18.9 Å². The van der Waals surface area contributed by atoms with Crippen LogP contribution < -0.4 is 23.5 Å². The summed E-state index contributed by atoms with van der Waals surface area (Å²) in [6, 6.07) is 10.3. The summed E-state index contributed by atoms with van der Waals surface area (Å²) in [5.41, 5.74) is 3.57. The molecule has 0 N–H and O–H groups in total. The second-order valence-corrected chi connectivity index (χ2v) is 6.67. The molecule has 1 aliphatic rings. The molecule has 0 unspecified atom stereocenters. The van der Waals surface area contributed by atoms with Crippen LogP contribution in [0, 0.1) is 0 Å². The van der Waals surface area contributed by atoms with Crippen molar-refractivity contribution in [1.82, 2.24) is 0 Å². The molecular formula is C23H24NO4+. The summed E-state index contributed by atoms with van der Waals surface area (Å²) in [5.74, 6) is 2.96. The van der Waals surface area contributed by atoms with Gasteiger partial charge in [-0.05, 0) is 35.2 Å². The Hall–Kier alpha value is -3.21. The summed E-state index contributed by atoms with van der Waals surface area (Å²) < 4.78 is 24.7. The lowest BCUT2D eigenvalue weighted by molar-refractivity contribution is -0.686. The summed E-state index contributed by atoms with van der Waals surface area (Å²) in [4.78, 5) is 0. The first-order chi connectivity index (χ1) is 13.7. The van der Waals surface area contributed by atoms with Crippen LogP contribution in [0.2, 0.25) is 0 Å². The first-order valence-electron chi connectivity index (χ1n) is 9.23. The highest BCUT2D eigenvalue weighted by Gasteiger charge is 2.27. The van der Waals surface area contributed by atoms with Crippen molar-refractivity contribution >= 4 is 10.8 Å². The summed E-state index contributed by atoms with van der Waals surface area (Å²) >= 11 is 0. The zero-order valence-corrected chi connectivity index (χ0v) is 16.5. The minimum Gasteiger partial charge on any atom is -0.493 e. The maximum absolute atomic E-state index is 5.92. The molecule has 0 saturated heterocycles. The van der Waals surface area contributed by atoms with Crippen molar-refractivity contribution in [3.8, 4) is 34.3 Å². The number of methoxy groups -OCH3 is 3. The molecule has 1 aliphatic heterocycles. The number of rotatable bonds is 6. The van der Waals surface area contributed by atoms with E-state index in [2.05, 4.69) is 41.6 Å². The van der Waals surface area contributed by atoms with E-state index in [1.807, 2.05) is 6.07 Å². The summed E-state index contributed by atoms with van der Waals surface area (Å²) in [5, 5.41) is 2.11. The fraction of sp³-hybridized carbons (Fsp3) is 0.261. The summed E-state index contributed by atoms with van der Waals surface area (Å²) in [6.45, 7) is 5.05. The number of pyridine rings is 1. The number of fused-ring (bicyclic) bond motifs is 4. The summed E-state index contributed by atoms with van der Waals surface area (Å²) in [7, 11) is 4.99. The highest BCUT2D eigenvalue weighted by atomic mass is 16.5. The molecular weight excluding hydrogens is 354 g/mol. The molecule has 1 aromatic heterocycles. The molecule has 5 nitrogen and oxygen atoms in total. The van der Waals surface area contributed by atoms with Gasteiger partial charge in [-0.15, -0.1) is 0 Å². The van der Waals surface area contributed by atoms with Crippen LogP contribution in [-0.4, -0.2) is 27.9 Å². The second-order valence-electron chi connectivity index (χ2n) is 6.67. The van der Waals surface area contributed by atoms with E-state index in [0.717, 1.165) is 58.0 Å². The Labute approximate surface area is 164 Å². The van der Waals surface area contributed by atoms with Gasteiger partial charge in [0.05, 0.1) is 32.3 Å². The molecule has 144 valence electrons. The third-order valence-corrected chi connectivity index (χ3v) is 5.15. The van der Waals surface area contributed by atoms with Gasteiger partial charge in [-0.2, -0.15) is 4.57 Å². The van der Waals surface area contributed by atoms with E-state index in [0.29, 0.717) is 6.61 Å². The van der Waals surface area contributed by atoms with Crippen molar-refractivity contribution in [1.29, 1.82) is 0 Å². The Morgan fingerprint density at radius 1 is 1.00 bits per heavy atom. The highest BCUT2D eigenvalue weighted by Crippen LogP contribution is 2.40. The number of ether oxygens (including phenoxy) is 4. The number of aryl methyl sites for hydroxylation is 2. The van der Waals surface area contributed by atoms with E-state index in [-0.39, 0.29) is 0 Å². The van der Waals surface area contributed by atoms with Crippen LogP contribution in [0.25, 0.3) is 22.0 Å². The maximum Gasteiger partial charge on any atom is 0.213 e. The number of aromatic nitrogens is 1. The Bertz CT molecular complexity index is 1060. The van der Waals surface area contributed by atoms with Gasteiger partial charge in [0.1, 0.15) is 6.61 Å². The fourth-order valence-electron chi connectivity index (χ4n) is 3.79. The first kappa shape index (κ1) is 18.2. The quantitative estimate of drug-likeness (QED) is 0.481. The highest BCUT2D eigenvalue weighted by molar-refractivity contribution is 5.91. The third-order valence-electron chi connectivity index (χ3n) is 5.15. The van der Waals surface area contributed by atoms with Crippen LogP contribution in [-0.2, 0) is 13.0 Å². The predicted octanol–water partition coefficient (Wildman–Crippen LogP) is 3.94. The second kappa shape index (κ2) is 7.43. The average molecular weight is 378 g/mol. The zero-order chi connectivity index (χ0) is 19.7. The van der Waals surface area contributed by atoms with E-state index in [1.54, 1.807) is 27.4 Å². The molecule has 0 atom stereocenters. The topological polar surface area (TPSA) is 40.8 Å². The van der Waals surface area contributed by atoms with Crippen molar-refractivity contribution in [3.63, 3.8) is 0 Å². The minimum absolute atomic E-state index is 0.428. The largest absolute Gasteiger partial charge is 0.493 e. The first-order valence-corrected chi connectivity index (χ1v) is 9.23. The monoisotopic (exact) mass is 378 g/mol. The van der Waals surface area contributed by atoms with Gasteiger partial charge in [0.2, 0.25) is 5.69 Å². The van der Waals surface area contributed by atoms with Gasteiger partial charge in [0, 0.05) is 12.5 Å².